The van der Waals surface area contributed by atoms with Crippen molar-refractivity contribution < 1.29 is 18.0 Å². The Hall–Kier alpha value is -3.88. The van der Waals surface area contributed by atoms with Gasteiger partial charge in [0.15, 0.2) is 0 Å². The van der Waals surface area contributed by atoms with Crippen LogP contribution in [0.4, 0.5) is 30.2 Å². The van der Waals surface area contributed by atoms with E-state index in [2.05, 4.69) is 20.7 Å². The topological polar surface area (TPSA) is 71.8 Å². The summed E-state index contributed by atoms with van der Waals surface area (Å²) in [4.78, 5) is 16.2. The first kappa shape index (κ1) is 20.4. The molecule has 0 fully saturated rings. The van der Waals surface area contributed by atoms with Gasteiger partial charge < -0.3 is 10.6 Å². The number of alkyl halides is 3. The number of hydrogen-bond acceptors (Lipinski definition) is 4. The van der Waals surface area contributed by atoms with E-state index in [0.717, 1.165) is 6.07 Å². The molecule has 2 aromatic carbocycles. The number of fused-ring (bicyclic) bond motifs is 1. The minimum Gasteiger partial charge on any atom is -0.355 e. The van der Waals surface area contributed by atoms with Gasteiger partial charge >= 0.3 is 6.18 Å². The average Bonchev–Trinajstić information content (AvgIpc) is 3.22. The molecular formula is C22H18F3N5O. The van der Waals surface area contributed by atoms with Gasteiger partial charge in [-0.15, -0.1) is 0 Å². The number of nitrogens with zero attached hydrogens (tertiary/aromatic N) is 3. The van der Waals surface area contributed by atoms with Crippen molar-refractivity contribution in [3.05, 3.63) is 78.2 Å². The first-order valence-corrected chi connectivity index (χ1v) is 9.52. The lowest BCUT2D eigenvalue weighted by atomic mass is 10.1. The van der Waals surface area contributed by atoms with Crippen molar-refractivity contribution in [3.63, 3.8) is 0 Å². The quantitative estimate of drug-likeness (QED) is 0.445. The van der Waals surface area contributed by atoms with Crippen molar-refractivity contribution in [1.82, 2.24) is 14.8 Å². The SMILES string of the molecule is CCn1nccc1C(=O)Nc1cccc(Nc2cc(C(F)(F)F)nc3ccccc23)c1. The molecule has 0 saturated heterocycles. The van der Waals surface area contributed by atoms with Crippen molar-refractivity contribution in [2.24, 2.45) is 0 Å². The third-order valence-electron chi connectivity index (χ3n) is 4.65. The fraction of sp³-hybridized carbons (Fsp3) is 0.136. The van der Waals surface area contributed by atoms with Crippen LogP contribution in [0.2, 0.25) is 0 Å². The third-order valence-corrected chi connectivity index (χ3v) is 4.65. The zero-order valence-electron chi connectivity index (χ0n) is 16.4. The van der Waals surface area contributed by atoms with E-state index in [9.17, 15) is 18.0 Å². The van der Waals surface area contributed by atoms with Crippen LogP contribution in [0.3, 0.4) is 0 Å². The van der Waals surface area contributed by atoms with E-state index in [1.54, 1.807) is 59.4 Å². The fourth-order valence-corrected chi connectivity index (χ4v) is 3.23. The first-order valence-electron chi connectivity index (χ1n) is 9.52. The molecule has 0 aliphatic rings. The number of halogens is 3. The second kappa shape index (κ2) is 8.10. The number of para-hydroxylation sites is 1. The summed E-state index contributed by atoms with van der Waals surface area (Å²) < 4.78 is 41.4. The minimum atomic E-state index is -4.57. The molecule has 0 atom stereocenters. The number of hydrogen-bond donors (Lipinski definition) is 2. The van der Waals surface area contributed by atoms with E-state index in [1.807, 2.05) is 6.92 Å². The smallest absolute Gasteiger partial charge is 0.355 e. The van der Waals surface area contributed by atoms with E-state index in [1.165, 1.54) is 6.07 Å². The maximum atomic E-state index is 13.3. The van der Waals surface area contributed by atoms with Gasteiger partial charge in [-0.1, -0.05) is 24.3 Å². The Balaban J connectivity index is 1.64. The van der Waals surface area contributed by atoms with Gasteiger partial charge in [0.1, 0.15) is 11.4 Å². The molecule has 158 valence electrons. The third kappa shape index (κ3) is 4.35. The second-order valence-electron chi connectivity index (χ2n) is 6.76. The van der Waals surface area contributed by atoms with Crippen LogP contribution in [0, 0.1) is 0 Å². The molecule has 0 aliphatic heterocycles. The summed E-state index contributed by atoms with van der Waals surface area (Å²) in [6.07, 6.45) is -3.03. The lowest BCUT2D eigenvalue weighted by molar-refractivity contribution is -0.140. The summed E-state index contributed by atoms with van der Waals surface area (Å²) in [5.74, 6) is -0.329. The van der Waals surface area contributed by atoms with Crippen LogP contribution in [0.25, 0.3) is 10.9 Å². The van der Waals surface area contributed by atoms with E-state index >= 15 is 0 Å². The zero-order valence-corrected chi connectivity index (χ0v) is 16.4. The Morgan fingerprint density at radius 3 is 2.58 bits per heavy atom. The summed E-state index contributed by atoms with van der Waals surface area (Å²) in [6.45, 7) is 2.43. The molecule has 2 heterocycles. The van der Waals surface area contributed by atoms with Gasteiger partial charge in [0.25, 0.3) is 5.91 Å². The first-order chi connectivity index (χ1) is 14.8. The monoisotopic (exact) mass is 425 g/mol. The van der Waals surface area contributed by atoms with Crippen molar-refractivity contribution >= 4 is 33.9 Å². The maximum Gasteiger partial charge on any atom is 0.433 e. The number of aryl methyl sites for hydroxylation is 1. The Labute approximate surface area is 175 Å². The van der Waals surface area contributed by atoms with Crippen molar-refractivity contribution in [1.29, 1.82) is 0 Å². The van der Waals surface area contributed by atoms with Gasteiger partial charge in [0.05, 0.1) is 11.2 Å². The van der Waals surface area contributed by atoms with Crippen LogP contribution in [0.5, 0.6) is 0 Å². The molecule has 0 bridgehead atoms. The van der Waals surface area contributed by atoms with Crippen LogP contribution in [0.15, 0.2) is 66.9 Å². The van der Waals surface area contributed by atoms with Crippen LogP contribution in [-0.2, 0) is 12.7 Å². The lowest BCUT2D eigenvalue weighted by Crippen LogP contribution is -2.17. The fourth-order valence-electron chi connectivity index (χ4n) is 3.23. The van der Waals surface area contributed by atoms with Gasteiger partial charge in [-0.05, 0) is 43.3 Å². The minimum absolute atomic E-state index is 0.233. The van der Waals surface area contributed by atoms with Gasteiger partial charge in [-0.2, -0.15) is 18.3 Å². The number of amides is 1. The highest BCUT2D eigenvalue weighted by atomic mass is 19.4. The van der Waals surface area contributed by atoms with Gasteiger partial charge in [-0.3, -0.25) is 9.48 Å². The molecule has 6 nitrogen and oxygen atoms in total. The van der Waals surface area contributed by atoms with Gasteiger partial charge in [0.2, 0.25) is 0 Å². The molecule has 31 heavy (non-hydrogen) atoms. The largest absolute Gasteiger partial charge is 0.433 e. The van der Waals surface area contributed by atoms with Gasteiger partial charge in [-0.25, -0.2) is 4.98 Å². The highest BCUT2D eigenvalue weighted by molar-refractivity contribution is 6.03. The molecule has 2 aromatic heterocycles. The molecule has 0 saturated carbocycles. The number of aromatic nitrogens is 3. The normalized spacial score (nSPS) is 11.5. The molecule has 1 amide bonds. The molecule has 0 aliphatic carbocycles. The molecule has 0 unspecified atom stereocenters. The number of benzene rings is 2. The van der Waals surface area contributed by atoms with Crippen molar-refractivity contribution in [2.45, 2.75) is 19.6 Å². The number of carbonyl (C=O) groups excluding carboxylic acids is 1. The van der Waals surface area contributed by atoms with Crippen LogP contribution < -0.4 is 10.6 Å². The highest BCUT2D eigenvalue weighted by Crippen LogP contribution is 2.34. The van der Waals surface area contributed by atoms with Crippen molar-refractivity contribution in [3.8, 4) is 0 Å². The second-order valence-corrected chi connectivity index (χ2v) is 6.76. The summed E-state index contributed by atoms with van der Waals surface area (Å²) in [7, 11) is 0. The molecule has 0 spiro atoms. The predicted molar refractivity (Wildman–Crippen MR) is 112 cm³/mol. The summed E-state index contributed by atoms with van der Waals surface area (Å²) in [6, 6.07) is 15.9. The number of rotatable bonds is 5. The average molecular weight is 425 g/mol. The standard InChI is InChI=1S/C22H18F3N5O/c1-2-30-19(10-11-26-30)21(31)28-15-7-5-6-14(12-15)27-18-13-20(22(23,24)25)29-17-9-4-3-8-16(17)18/h3-13H,2H2,1H3,(H,27,29)(H,28,31). The number of nitrogens with one attached hydrogen (secondary N) is 2. The Morgan fingerprint density at radius 2 is 1.81 bits per heavy atom. The van der Waals surface area contributed by atoms with E-state index in [4.69, 9.17) is 0 Å². The Bertz CT molecular complexity index is 1250. The Kier molecular flexibility index (Phi) is 5.33. The van der Waals surface area contributed by atoms with E-state index < -0.39 is 11.9 Å². The zero-order chi connectivity index (χ0) is 22.0. The van der Waals surface area contributed by atoms with E-state index in [0.29, 0.717) is 29.0 Å². The molecule has 2 N–H and O–H groups in total. The van der Waals surface area contributed by atoms with Crippen molar-refractivity contribution in [2.75, 3.05) is 10.6 Å². The van der Waals surface area contributed by atoms with Crippen LogP contribution >= 0.6 is 0 Å². The summed E-state index contributed by atoms with van der Waals surface area (Å²) in [5, 5.41) is 10.4. The summed E-state index contributed by atoms with van der Waals surface area (Å²) in [5.41, 5.74) is 0.948. The summed E-state index contributed by atoms with van der Waals surface area (Å²) >= 11 is 0. The number of carbonyl (C=O) groups is 1. The number of anilines is 3. The molecule has 4 rings (SSSR count). The van der Waals surface area contributed by atoms with Crippen LogP contribution in [-0.4, -0.2) is 20.7 Å². The number of pyridine rings is 1. The van der Waals surface area contributed by atoms with Crippen LogP contribution in [0.1, 0.15) is 23.1 Å². The lowest BCUT2D eigenvalue weighted by Gasteiger charge is -2.14. The Morgan fingerprint density at radius 1 is 1.03 bits per heavy atom. The van der Waals surface area contributed by atoms with Gasteiger partial charge in [0, 0.05) is 29.5 Å². The molecule has 4 aromatic rings. The predicted octanol–water partition coefficient (Wildman–Crippen LogP) is 5.47. The maximum absolute atomic E-state index is 13.3. The molecule has 9 heteroatoms. The molecule has 0 radical (unpaired) electrons. The van der Waals surface area contributed by atoms with E-state index in [-0.39, 0.29) is 17.1 Å². The highest BCUT2D eigenvalue weighted by Gasteiger charge is 2.33. The molecular weight excluding hydrogens is 407 g/mol.